The number of carbonyl (C=O) groups excluding carboxylic acids is 1. The second-order valence-corrected chi connectivity index (χ2v) is 4.72. The lowest BCUT2D eigenvalue weighted by atomic mass is 10.2. The monoisotopic (exact) mass is 331 g/mol. The molecule has 0 bridgehead atoms. The molecular formula is C12H8Cl3N3O2. The van der Waals surface area contributed by atoms with Gasteiger partial charge in [-0.3, -0.25) is 4.79 Å². The molecule has 0 aliphatic rings. The van der Waals surface area contributed by atoms with E-state index in [-0.39, 0.29) is 16.0 Å². The summed E-state index contributed by atoms with van der Waals surface area (Å²) in [5.41, 5.74) is 0.422. The van der Waals surface area contributed by atoms with Gasteiger partial charge in [-0.2, -0.15) is 0 Å². The van der Waals surface area contributed by atoms with Gasteiger partial charge >= 0.3 is 0 Å². The topological polar surface area (TPSA) is 64.1 Å². The number of para-hydroxylation sites is 1. The van der Waals surface area contributed by atoms with Crippen LogP contribution in [0.3, 0.4) is 0 Å². The maximum Gasteiger partial charge on any atom is 0.260 e. The van der Waals surface area contributed by atoms with Gasteiger partial charge in [-0.05, 0) is 23.7 Å². The zero-order chi connectivity index (χ0) is 14.7. The van der Waals surface area contributed by atoms with E-state index in [4.69, 9.17) is 39.5 Å². The molecule has 1 aromatic heterocycles. The summed E-state index contributed by atoms with van der Waals surface area (Å²) in [4.78, 5) is 19.5. The summed E-state index contributed by atoms with van der Waals surface area (Å²) in [5, 5.41) is 2.85. The van der Waals surface area contributed by atoms with Gasteiger partial charge in [0.1, 0.15) is 16.6 Å². The van der Waals surface area contributed by atoms with Crippen LogP contribution in [0.5, 0.6) is 5.75 Å². The van der Waals surface area contributed by atoms with Gasteiger partial charge in [0.15, 0.2) is 0 Å². The highest BCUT2D eigenvalue weighted by atomic mass is 35.5. The molecule has 1 aromatic carbocycles. The summed E-state index contributed by atoms with van der Waals surface area (Å²) >= 11 is 17.4. The van der Waals surface area contributed by atoms with Crippen molar-refractivity contribution in [2.45, 2.75) is 0 Å². The lowest BCUT2D eigenvalue weighted by Crippen LogP contribution is -2.14. The highest BCUT2D eigenvalue weighted by molar-refractivity contribution is 6.36. The van der Waals surface area contributed by atoms with E-state index in [9.17, 15) is 4.79 Å². The fraction of sp³-hybridized carbons (Fsp3) is 0.0833. The number of ether oxygens (including phenoxy) is 1. The number of hydrogen-bond acceptors (Lipinski definition) is 4. The van der Waals surface area contributed by atoms with E-state index >= 15 is 0 Å². The first-order valence-corrected chi connectivity index (χ1v) is 6.48. The average molecular weight is 333 g/mol. The number of aromatic nitrogens is 2. The van der Waals surface area contributed by atoms with Crippen LogP contribution in [0.15, 0.2) is 24.4 Å². The Morgan fingerprint density at radius 1 is 1.30 bits per heavy atom. The minimum atomic E-state index is -0.516. The second kappa shape index (κ2) is 6.26. The quantitative estimate of drug-likeness (QED) is 0.687. The van der Waals surface area contributed by atoms with Crippen LogP contribution in [0.2, 0.25) is 15.5 Å². The first-order chi connectivity index (χ1) is 9.52. The van der Waals surface area contributed by atoms with E-state index in [1.165, 1.54) is 13.3 Å². The zero-order valence-electron chi connectivity index (χ0n) is 10.2. The number of amides is 1. The fourth-order valence-corrected chi connectivity index (χ4v) is 2.07. The SMILES string of the molecule is COc1cccc(Cl)c1NC(=O)c1cnc(Cl)nc1Cl. The molecule has 1 heterocycles. The summed E-state index contributed by atoms with van der Waals surface area (Å²) in [6.07, 6.45) is 1.23. The highest BCUT2D eigenvalue weighted by Gasteiger charge is 2.16. The Labute approximate surface area is 129 Å². The molecule has 0 aliphatic carbocycles. The maximum atomic E-state index is 12.1. The van der Waals surface area contributed by atoms with Gasteiger partial charge in [-0.1, -0.05) is 29.3 Å². The molecule has 0 radical (unpaired) electrons. The van der Waals surface area contributed by atoms with Crippen LogP contribution in [0.1, 0.15) is 10.4 Å². The van der Waals surface area contributed by atoms with Crippen LogP contribution in [0, 0.1) is 0 Å². The van der Waals surface area contributed by atoms with E-state index in [0.717, 1.165) is 0 Å². The van der Waals surface area contributed by atoms with E-state index < -0.39 is 5.91 Å². The molecule has 5 nitrogen and oxygen atoms in total. The summed E-state index contributed by atoms with van der Waals surface area (Å²) in [6.45, 7) is 0. The standard InChI is InChI=1S/C12H8Cl3N3O2/c1-20-8-4-2-3-7(13)9(8)17-11(19)6-5-16-12(15)18-10(6)14/h2-5H,1H3,(H,17,19). The molecule has 0 spiro atoms. The predicted molar refractivity (Wildman–Crippen MR) is 78.0 cm³/mol. The number of nitrogens with one attached hydrogen (secondary N) is 1. The summed E-state index contributed by atoms with van der Waals surface area (Å²) < 4.78 is 5.13. The molecule has 0 aliphatic heterocycles. The third-order valence-electron chi connectivity index (χ3n) is 2.39. The smallest absolute Gasteiger partial charge is 0.260 e. The molecule has 0 saturated heterocycles. The second-order valence-electron chi connectivity index (χ2n) is 3.61. The van der Waals surface area contributed by atoms with Crippen molar-refractivity contribution < 1.29 is 9.53 Å². The van der Waals surface area contributed by atoms with E-state index in [1.807, 2.05) is 0 Å². The number of rotatable bonds is 3. The molecule has 1 amide bonds. The first-order valence-electron chi connectivity index (χ1n) is 5.35. The summed E-state index contributed by atoms with van der Waals surface area (Å²) in [7, 11) is 1.47. The van der Waals surface area contributed by atoms with Gasteiger partial charge in [0.25, 0.3) is 5.91 Å². The highest BCUT2D eigenvalue weighted by Crippen LogP contribution is 2.32. The van der Waals surface area contributed by atoms with Crippen molar-refractivity contribution in [1.82, 2.24) is 9.97 Å². The molecule has 8 heteroatoms. The number of carbonyl (C=O) groups is 1. The van der Waals surface area contributed by atoms with E-state index in [2.05, 4.69) is 15.3 Å². The Bertz CT molecular complexity index is 664. The number of anilines is 1. The Hall–Kier alpha value is -1.56. The van der Waals surface area contributed by atoms with Gasteiger partial charge in [0, 0.05) is 6.20 Å². The third kappa shape index (κ3) is 3.12. The number of halogens is 3. The lowest BCUT2D eigenvalue weighted by Gasteiger charge is -2.11. The Kier molecular flexibility index (Phi) is 4.65. The zero-order valence-corrected chi connectivity index (χ0v) is 12.4. The van der Waals surface area contributed by atoms with Crippen molar-refractivity contribution in [1.29, 1.82) is 0 Å². The predicted octanol–water partition coefficient (Wildman–Crippen LogP) is 3.70. The molecule has 1 N–H and O–H groups in total. The van der Waals surface area contributed by atoms with E-state index in [0.29, 0.717) is 16.5 Å². The van der Waals surface area contributed by atoms with Crippen molar-refractivity contribution in [3.63, 3.8) is 0 Å². The van der Waals surface area contributed by atoms with Crippen LogP contribution < -0.4 is 10.1 Å². The van der Waals surface area contributed by atoms with Gasteiger partial charge < -0.3 is 10.1 Å². The molecular weight excluding hydrogens is 325 g/mol. The van der Waals surface area contributed by atoms with Gasteiger partial charge in [0.2, 0.25) is 5.28 Å². The summed E-state index contributed by atoms with van der Waals surface area (Å²) in [5.74, 6) is -0.0880. The van der Waals surface area contributed by atoms with Crippen molar-refractivity contribution in [2.75, 3.05) is 12.4 Å². The maximum absolute atomic E-state index is 12.1. The number of nitrogens with zero attached hydrogens (tertiary/aromatic N) is 2. The molecule has 0 unspecified atom stereocenters. The Morgan fingerprint density at radius 3 is 2.70 bits per heavy atom. The molecule has 0 saturated carbocycles. The minimum Gasteiger partial charge on any atom is -0.495 e. The van der Waals surface area contributed by atoms with Crippen molar-refractivity contribution >= 4 is 46.4 Å². The Morgan fingerprint density at radius 2 is 2.05 bits per heavy atom. The average Bonchev–Trinajstić information content (AvgIpc) is 2.40. The van der Waals surface area contributed by atoms with Crippen molar-refractivity contribution in [3.8, 4) is 5.75 Å². The van der Waals surface area contributed by atoms with Crippen molar-refractivity contribution in [3.05, 3.63) is 45.4 Å². The Balaban J connectivity index is 2.33. The molecule has 2 rings (SSSR count). The molecule has 20 heavy (non-hydrogen) atoms. The largest absolute Gasteiger partial charge is 0.495 e. The summed E-state index contributed by atoms with van der Waals surface area (Å²) in [6, 6.07) is 5.00. The number of hydrogen-bond donors (Lipinski definition) is 1. The van der Waals surface area contributed by atoms with Crippen LogP contribution in [-0.4, -0.2) is 23.0 Å². The minimum absolute atomic E-state index is 0.0399. The van der Waals surface area contributed by atoms with Crippen LogP contribution in [0.25, 0.3) is 0 Å². The van der Waals surface area contributed by atoms with Gasteiger partial charge in [-0.15, -0.1) is 0 Å². The normalized spacial score (nSPS) is 10.2. The van der Waals surface area contributed by atoms with Crippen molar-refractivity contribution in [2.24, 2.45) is 0 Å². The molecule has 104 valence electrons. The van der Waals surface area contributed by atoms with Gasteiger partial charge in [-0.25, -0.2) is 9.97 Å². The first kappa shape index (κ1) is 14.8. The number of methoxy groups -OCH3 is 1. The van der Waals surface area contributed by atoms with E-state index in [1.54, 1.807) is 18.2 Å². The van der Waals surface area contributed by atoms with Crippen LogP contribution >= 0.6 is 34.8 Å². The molecule has 0 atom stereocenters. The number of benzene rings is 1. The van der Waals surface area contributed by atoms with Crippen LogP contribution in [0.4, 0.5) is 5.69 Å². The van der Waals surface area contributed by atoms with Crippen LogP contribution in [-0.2, 0) is 0 Å². The molecule has 2 aromatic rings. The fourth-order valence-electron chi connectivity index (χ4n) is 1.47. The third-order valence-corrected chi connectivity index (χ3v) is 3.18. The van der Waals surface area contributed by atoms with Gasteiger partial charge in [0.05, 0.1) is 17.7 Å². The lowest BCUT2D eigenvalue weighted by molar-refractivity contribution is 0.102. The molecule has 0 fully saturated rings.